The minimum absolute atomic E-state index is 0.282. The van der Waals surface area contributed by atoms with Crippen LogP contribution in [0.3, 0.4) is 0 Å². The minimum atomic E-state index is -0.565. The molecular formula is C33H36N2OS2+2. The van der Waals surface area contributed by atoms with Crippen molar-refractivity contribution in [2.24, 2.45) is 20.0 Å². The quantitative estimate of drug-likeness (QED) is 0.227. The summed E-state index contributed by atoms with van der Waals surface area (Å²) in [5.74, 6) is 0.670. The van der Waals surface area contributed by atoms with Gasteiger partial charge < -0.3 is 5.11 Å². The Morgan fingerprint density at radius 1 is 0.816 bits per heavy atom. The SMILES string of the molecule is C[n+]1c(/C=C/c2ccc(O)c(/C=C/c3sc4ccccc4[n+]3C)c2)sc2ccccc21.[2H]C([3H])C1CCCCC1. The van der Waals surface area contributed by atoms with Gasteiger partial charge in [0.15, 0.2) is 0 Å². The molecule has 0 aliphatic heterocycles. The zero-order valence-corrected chi connectivity index (χ0v) is 23.6. The Labute approximate surface area is 236 Å². The summed E-state index contributed by atoms with van der Waals surface area (Å²) in [5, 5.41) is 12.7. The number of benzene rings is 3. The Morgan fingerprint density at radius 3 is 1.95 bits per heavy atom. The normalized spacial score (nSPS) is 16.1. The third-order valence-corrected chi connectivity index (χ3v) is 9.44. The highest BCUT2D eigenvalue weighted by atomic mass is 32.1. The summed E-state index contributed by atoms with van der Waals surface area (Å²) in [6.45, 7) is -0.565. The number of hydrogen-bond donors (Lipinski definition) is 1. The summed E-state index contributed by atoms with van der Waals surface area (Å²) >= 11 is 3.52. The third-order valence-electron chi connectivity index (χ3n) is 7.07. The molecule has 6 rings (SSSR count). The molecule has 1 saturated carbocycles. The van der Waals surface area contributed by atoms with Gasteiger partial charge in [0.2, 0.25) is 11.0 Å². The van der Waals surface area contributed by atoms with Crippen LogP contribution in [0.4, 0.5) is 0 Å². The van der Waals surface area contributed by atoms with Gasteiger partial charge in [-0.2, -0.15) is 9.13 Å². The topological polar surface area (TPSA) is 28.0 Å². The lowest BCUT2D eigenvalue weighted by Crippen LogP contribution is -2.28. The molecule has 5 heteroatoms. The van der Waals surface area contributed by atoms with Crippen LogP contribution in [0.5, 0.6) is 5.75 Å². The Morgan fingerprint density at radius 2 is 1.39 bits per heavy atom. The van der Waals surface area contributed by atoms with Crippen LogP contribution in [0.1, 0.15) is 62.9 Å². The molecule has 1 fully saturated rings. The van der Waals surface area contributed by atoms with Crippen molar-refractivity contribution >= 4 is 67.4 Å². The lowest BCUT2D eigenvalue weighted by Gasteiger charge is -2.15. The highest BCUT2D eigenvalue weighted by molar-refractivity contribution is 7.19. The molecule has 2 heterocycles. The molecule has 0 spiro atoms. The smallest absolute Gasteiger partial charge is 0.262 e. The summed E-state index contributed by atoms with van der Waals surface area (Å²) in [4.78, 5) is 0. The van der Waals surface area contributed by atoms with Gasteiger partial charge in [0.25, 0.3) is 10.0 Å². The fourth-order valence-electron chi connectivity index (χ4n) is 4.81. The molecule has 0 radical (unpaired) electrons. The van der Waals surface area contributed by atoms with Crippen molar-refractivity contribution in [2.75, 3.05) is 0 Å². The van der Waals surface area contributed by atoms with E-state index in [4.69, 9.17) is 2.74 Å². The summed E-state index contributed by atoms with van der Waals surface area (Å²) in [5.41, 5.74) is 4.30. The Kier molecular flexibility index (Phi) is 7.55. The number of para-hydroxylation sites is 2. The molecule has 1 N–H and O–H groups in total. The van der Waals surface area contributed by atoms with Gasteiger partial charge in [-0.05, 0) is 47.9 Å². The number of phenols is 1. The first kappa shape index (κ1) is 23.8. The lowest BCUT2D eigenvalue weighted by atomic mass is 9.91. The third kappa shape index (κ3) is 6.06. The van der Waals surface area contributed by atoms with Crippen LogP contribution in [0.2, 0.25) is 0 Å². The molecule has 194 valence electrons. The zero-order valence-electron chi connectivity index (χ0n) is 24.0. The molecule has 0 bridgehead atoms. The summed E-state index contributed by atoms with van der Waals surface area (Å²) in [6.07, 6.45) is 14.4. The number of thiazole rings is 2. The van der Waals surface area contributed by atoms with Crippen LogP contribution in [-0.2, 0) is 14.1 Å². The standard InChI is InChI=1S/C26H21N2OS2.C7H14/c1-27-20-7-3-5-9-23(20)30-25(27)15-12-18-11-14-22(29)19(17-18)13-16-26-28(2)21-8-4-6-10-24(21)31-26;1-7-5-3-2-4-6-7/h3-17H,1-2H3;7H,2-6H2,1H3/q+1;/p+1/i;1TD. The van der Waals surface area contributed by atoms with Crippen molar-refractivity contribution in [1.29, 1.82) is 0 Å². The number of rotatable bonds is 4. The van der Waals surface area contributed by atoms with Gasteiger partial charge in [-0.15, -0.1) is 0 Å². The molecule has 5 aromatic rings. The first-order valence-electron chi connectivity index (χ1n) is 14.3. The van der Waals surface area contributed by atoms with Gasteiger partial charge in [-0.25, -0.2) is 0 Å². The second-order valence-electron chi connectivity index (χ2n) is 9.82. The second-order valence-corrected chi connectivity index (χ2v) is 11.9. The van der Waals surface area contributed by atoms with Crippen molar-refractivity contribution in [3.63, 3.8) is 0 Å². The first-order chi connectivity index (χ1) is 19.4. The maximum Gasteiger partial charge on any atom is 0.262 e. The predicted octanol–water partition coefficient (Wildman–Crippen LogP) is 8.40. The van der Waals surface area contributed by atoms with Crippen molar-refractivity contribution in [1.82, 2.24) is 0 Å². The number of aryl methyl sites for hydroxylation is 2. The molecule has 38 heavy (non-hydrogen) atoms. The van der Waals surface area contributed by atoms with Crippen molar-refractivity contribution in [3.05, 3.63) is 87.9 Å². The molecular weight excluding hydrogens is 505 g/mol. The van der Waals surface area contributed by atoms with Crippen LogP contribution in [0.15, 0.2) is 66.7 Å². The Hall–Kier alpha value is -3.28. The maximum atomic E-state index is 10.4. The average molecular weight is 544 g/mol. The van der Waals surface area contributed by atoms with E-state index in [2.05, 4.69) is 90.0 Å². The maximum absolute atomic E-state index is 10.4. The van der Waals surface area contributed by atoms with Crippen LogP contribution in [0.25, 0.3) is 44.7 Å². The number of aromatic nitrogens is 2. The molecule has 0 saturated heterocycles. The van der Waals surface area contributed by atoms with Crippen LogP contribution >= 0.6 is 22.7 Å². The fourth-order valence-corrected chi connectivity index (χ4v) is 6.91. The van der Waals surface area contributed by atoms with Gasteiger partial charge in [0, 0.05) is 32.6 Å². The second kappa shape index (κ2) is 12.1. The highest BCUT2D eigenvalue weighted by Crippen LogP contribution is 2.26. The van der Waals surface area contributed by atoms with Crippen LogP contribution in [-0.4, -0.2) is 5.11 Å². The van der Waals surface area contributed by atoms with E-state index in [0.29, 0.717) is 5.92 Å². The Bertz CT molecular complexity index is 1660. The van der Waals surface area contributed by atoms with E-state index >= 15 is 0 Å². The molecule has 1 aliphatic rings. The first-order valence-corrected chi connectivity index (χ1v) is 14.8. The lowest BCUT2D eigenvalue weighted by molar-refractivity contribution is -0.642. The van der Waals surface area contributed by atoms with Crippen LogP contribution in [0, 0.1) is 5.92 Å². The molecule has 3 aromatic carbocycles. The minimum Gasteiger partial charge on any atom is -0.507 e. The molecule has 0 amide bonds. The van der Waals surface area contributed by atoms with Gasteiger partial charge in [-0.3, -0.25) is 0 Å². The van der Waals surface area contributed by atoms with Crippen LogP contribution < -0.4 is 9.13 Å². The van der Waals surface area contributed by atoms with Crippen molar-refractivity contribution in [3.8, 4) is 5.75 Å². The number of fused-ring (bicyclic) bond motifs is 2. The van der Waals surface area contributed by atoms with E-state index in [0.717, 1.165) is 29.0 Å². The molecule has 1 aliphatic carbocycles. The predicted molar refractivity (Wildman–Crippen MR) is 164 cm³/mol. The van der Waals surface area contributed by atoms with Gasteiger partial charge in [0.1, 0.15) is 29.2 Å². The van der Waals surface area contributed by atoms with E-state index in [1.807, 2.05) is 18.2 Å². The average Bonchev–Trinajstić information content (AvgIpc) is 3.48. The monoisotopic (exact) mass is 543 g/mol. The van der Waals surface area contributed by atoms with E-state index in [1.54, 1.807) is 28.7 Å². The van der Waals surface area contributed by atoms with E-state index < -0.39 is 6.88 Å². The van der Waals surface area contributed by atoms with Crippen molar-refractivity contribution < 1.29 is 17.0 Å². The summed E-state index contributed by atoms with van der Waals surface area (Å²) < 4.78 is 21.2. The van der Waals surface area contributed by atoms with E-state index in [9.17, 15) is 5.11 Å². The Balaban J connectivity index is 0.000000306. The van der Waals surface area contributed by atoms with Gasteiger partial charge >= 0.3 is 0 Å². The van der Waals surface area contributed by atoms with E-state index in [-0.39, 0.29) is 5.75 Å². The number of nitrogens with zero attached hydrogens (tertiary/aromatic N) is 2. The molecule has 1 unspecified atom stereocenters. The number of phenolic OH excluding ortho intramolecular Hbond substituents is 1. The van der Waals surface area contributed by atoms with Crippen molar-refractivity contribution in [2.45, 2.75) is 39.0 Å². The van der Waals surface area contributed by atoms with Gasteiger partial charge in [0.05, 0.1) is 0 Å². The summed E-state index contributed by atoms with van der Waals surface area (Å²) in [7, 11) is 4.16. The molecule has 1 atom stereocenters. The van der Waals surface area contributed by atoms with E-state index in [1.165, 1.54) is 44.7 Å². The molecule has 2 aromatic heterocycles. The summed E-state index contributed by atoms with van der Waals surface area (Å²) in [6, 6.07) is 22.5. The zero-order chi connectivity index (χ0) is 28.1. The molecule has 3 nitrogen and oxygen atoms in total. The highest BCUT2D eigenvalue weighted by Gasteiger charge is 2.15. The number of aromatic hydroxyl groups is 1. The fraction of sp³-hybridized carbons (Fsp3) is 0.273. The number of hydrogen-bond acceptors (Lipinski definition) is 3. The largest absolute Gasteiger partial charge is 0.507 e. The van der Waals surface area contributed by atoms with Gasteiger partial charge in [-0.1, -0.05) is 92.0 Å².